The summed E-state index contributed by atoms with van der Waals surface area (Å²) in [7, 11) is 0. The predicted molar refractivity (Wildman–Crippen MR) is 88.3 cm³/mol. The van der Waals surface area contributed by atoms with Gasteiger partial charge in [-0.3, -0.25) is 10.1 Å². The smallest absolute Gasteiger partial charge is 0.0715 e. The molecule has 0 fully saturated rings. The number of hydrogen-bond donors (Lipinski definition) is 2. The van der Waals surface area contributed by atoms with Gasteiger partial charge < -0.3 is 5.32 Å². The minimum absolute atomic E-state index is 0.662. The van der Waals surface area contributed by atoms with Crippen molar-refractivity contribution in [1.82, 2.24) is 15.2 Å². The number of H-pyrrole nitrogens is 1. The van der Waals surface area contributed by atoms with Crippen molar-refractivity contribution in [2.24, 2.45) is 0 Å². The number of pyridine rings is 1. The molecule has 6 heteroatoms. The van der Waals surface area contributed by atoms with Crippen LogP contribution in [0.25, 0.3) is 11.3 Å². The third-order valence-corrected chi connectivity index (χ3v) is 4.28. The average Bonchev–Trinajstić information content (AvgIpc) is 2.98. The summed E-state index contributed by atoms with van der Waals surface area (Å²) in [6.45, 7) is 0.662. The first-order valence-corrected chi connectivity index (χ1v) is 7.52. The van der Waals surface area contributed by atoms with Crippen molar-refractivity contribution in [2.75, 3.05) is 5.32 Å². The van der Waals surface area contributed by atoms with Gasteiger partial charge in [-0.2, -0.15) is 5.10 Å². The number of benzene rings is 1. The van der Waals surface area contributed by atoms with Crippen molar-refractivity contribution in [3.05, 3.63) is 64.0 Å². The summed E-state index contributed by atoms with van der Waals surface area (Å²) < 4.78 is 0.869. The molecular weight excluding hydrogens is 352 g/mol. The summed E-state index contributed by atoms with van der Waals surface area (Å²) in [6, 6.07) is 9.65. The number of rotatable bonds is 4. The van der Waals surface area contributed by atoms with E-state index in [2.05, 4.69) is 36.4 Å². The highest BCUT2D eigenvalue weighted by Crippen LogP contribution is 2.26. The Labute approximate surface area is 135 Å². The Bertz CT molecular complexity index is 742. The SMILES string of the molecule is Clc1ccc(NCc2cn[nH]c2-c2cccnc2)cc1Br. The number of anilines is 1. The fourth-order valence-corrected chi connectivity index (χ4v) is 2.51. The Balaban J connectivity index is 1.77. The lowest BCUT2D eigenvalue weighted by Gasteiger charge is -2.08. The molecule has 0 aliphatic carbocycles. The molecule has 0 bridgehead atoms. The van der Waals surface area contributed by atoms with Crippen LogP contribution in [0.5, 0.6) is 0 Å². The van der Waals surface area contributed by atoms with Crippen LogP contribution in [0.15, 0.2) is 53.4 Å². The van der Waals surface area contributed by atoms with Gasteiger partial charge in [0.05, 0.1) is 16.9 Å². The van der Waals surface area contributed by atoms with Gasteiger partial charge in [0.1, 0.15) is 0 Å². The monoisotopic (exact) mass is 362 g/mol. The molecule has 0 saturated heterocycles. The molecular formula is C15H12BrClN4. The molecule has 2 heterocycles. The van der Waals surface area contributed by atoms with E-state index in [0.29, 0.717) is 11.6 Å². The lowest BCUT2D eigenvalue weighted by molar-refractivity contribution is 1.09. The predicted octanol–water partition coefficient (Wildman–Crippen LogP) is 4.50. The molecule has 3 aromatic rings. The second-order valence-corrected chi connectivity index (χ2v) is 5.76. The molecule has 0 radical (unpaired) electrons. The molecule has 3 rings (SSSR count). The maximum absolute atomic E-state index is 5.99. The van der Waals surface area contributed by atoms with Gasteiger partial charge in [0.25, 0.3) is 0 Å². The second-order valence-electron chi connectivity index (χ2n) is 4.49. The molecule has 106 valence electrons. The van der Waals surface area contributed by atoms with Gasteiger partial charge in [0, 0.05) is 40.2 Å². The molecule has 0 atom stereocenters. The van der Waals surface area contributed by atoms with Crippen molar-refractivity contribution in [1.29, 1.82) is 0 Å². The van der Waals surface area contributed by atoms with E-state index >= 15 is 0 Å². The first-order valence-electron chi connectivity index (χ1n) is 6.35. The van der Waals surface area contributed by atoms with Crippen LogP contribution in [0, 0.1) is 0 Å². The summed E-state index contributed by atoms with van der Waals surface area (Å²) in [4.78, 5) is 4.13. The maximum Gasteiger partial charge on any atom is 0.0715 e. The van der Waals surface area contributed by atoms with E-state index in [0.717, 1.165) is 27.0 Å². The quantitative estimate of drug-likeness (QED) is 0.717. The molecule has 2 aromatic heterocycles. The fourth-order valence-electron chi connectivity index (χ4n) is 2.01. The highest BCUT2D eigenvalue weighted by Gasteiger charge is 2.08. The van der Waals surface area contributed by atoms with Gasteiger partial charge in [-0.25, -0.2) is 0 Å². The summed E-state index contributed by atoms with van der Waals surface area (Å²) >= 11 is 9.41. The van der Waals surface area contributed by atoms with E-state index < -0.39 is 0 Å². The Morgan fingerprint density at radius 1 is 1.24 bits per heavy atom. The van der Waals surface area contributed by atoms with Crippen molar-refractivity contribution < 1.29 is 0 Å². The molecule has 0 spiro atoms. The van der Waals surface area contributed by atoms with Crippen molar-refractivity contribution in [3.63, 3.8) is 0 Å². The Kier molecular flexibility index (Phi) is 4.22. The van der Waals surface area contributed by atoms with E-state index in [-0.39, 0.29) is 0 Å². The Hall–Kier alpha value is -1.85. The lowest BCUT2D eigenvalue weighted by Crippen LogP contribution is -2.00. The summed E-state index contributed by atoms with van der Waals surface area (Å²) in [5, 5.41) is 11.2. The lowest BCUT2D eigenvalue weighted by atomic mass is 10.1. The van der Waals surface area contributed by atoms with E-state index in [1.807, 2.05) is 42.7 Å². The van der Waals surface area contributed by atoms with Crippen molar-refractivity contribution in [3.8, 4) is 11.3 Å². The minimum atomic E-state index is 0.662. The van der Waals surface area contributed by atoms with E-state index in [9.17, 15) is 0 Å². The van der Waals surface area contributed by atoms with Crippen molar-refractivity contribution in [2.45, 2.75) is 6.54 Å². The number of nitrogens with zero attached hydrogens (tertiary/aromatic N) is 2. The molecule has 0 aliphatic rings. The fraction of sp³-hybridized carbons (Fsp3) is 0.0667. The number of nitrogens with one attached hydrogen (secondary N) is 2. The zero-order valence-electron chi connectivity index (χ0n) is 11.0. The summed E-state index contributed by atoms with van der Waals surface area (Å²) in [5.41, 5.74) is 4.06. The van der Waals surface area contributed by atoms with Crippen LogP contribution in [0.4, 0.5) is 5.69 Å². The van der Waals surface area contributed by atoms with Crippen LogP contribution in [-0.4, -0.2) is 15.2 Å². The van der Waals surface area contributed by atoms with E-state index in [1.165, 1.54) is 0 Å². The van der Waals surface area contributed by atoms with Gasteiger partial charge in [-0.05, 0) is 46.3 Å². The zero-order valence-corrected chi connectivity index (χ0v) is 13.3. The van der Waals surface area contributed by atoms with Crippen LogP contribution in [0.2, 0.25) is 5.02 Å². The van der Waals surface area contributed by atoms with Gasteiger partial charge in [0.2, 0.25) is 0 Å². The Morgan fingerprint density at radius 3 is 2.90 bits per heavy atom. The minimum Gasteiger partial charge on any atom is -0.381 e. The third kappa shape index (κ3) is 3.25. The van der Waals surface area contributed by atoms with Gasteiger partial charge in [-0.1, -0.05) is 11.6 Å². The third-order valence-electron chi connectivity index (χ3n) is 3.07. The van der Waals surface area contributed by atoms with Gasteiger partial charge in [0.15, 0.2) is 0 Å². The van der Waals surface area contributed by atoms with Gasteiger partial charge in [-0.15, -0.1) is 0 Å². The number of hydrogen-bond acceptors (Lipinski definition) is 3. The second kappa shape index (κ2) is 6.28. The largest absolute Gasteiger partial charge is 0.381 e. The first kappa shape index (κ1) is 14.1. The number of aromatic amines is 1. The van der Waals surface area contributed by atoms with Crippen LogP contribution >= 0.6 is 27.5 Å². The first-order chi connectivity index (χ1) is 10.2. The number of halogens is 2. The summed E-state index contributed by atoms with van der Waals surface area (Å²) in [5.74, 6) is 0. The summed E-state index contributed by atoms with van der Waals surface area (Å²) in [6.07, 6.45) is 5.39. The molecule has 1 aromatic carbocycles. The Morgan fingerprint density at radius 2 is 2.14 bits per heavy atom. The molecule has 0 unspecified atom stereocenters. The zero-order chi connectivity index (χ0) is 14.7. The van der Waals surface area contributed by atoms with Crippen LogP contribution in [0.3, 0.4) is 0 Å². The highest BCUT2D eigenvalue weighted by molar-refractivity contribution is 9.10. The van der Waals surface area contributed by atoms with Crippen molar-refractivity contribution >= 4 is 33.2 Å². The molecule has 4 nitrogen and oxygen atoms in total. The number of aromatic nitrogens is 3. The van der Waals surface area contributed by atoms with E-state index in [4.69, 9.17) is 11.6 Å². The maximum atomic E-state index is 5.99. The van der Waals surface area contributed by atoms with Crippen LogP contribution < -0.4 is 5.32 Å². The molecule has 0 aliphatic heterocycles. The average molecular weight is 364 g/mol. The molecule has 0 amide bonds. The normalized spacial score (nSPS) is 10.6. The highest BCUT2D eigenvalue weighted by atomic mass is 79.9. The molecule has 21 heavy (non-hydrogen) atoms. The van der Waals surface area contributed by atoms with Crippen LogP contribution in [-0.2, 0) is 6.54 Å². The molecule has 2 N–H and O–H groups in total. The topological polar surface area (TPSA) is 53.6 Å². The molecule has 0 saturated carbocycles. The van der Waals surface area contributed by atoms with E-state index in [1.54, 1.807) is 6.20 Å². The van der Waals surface area contributed by atoms with Gasteiger partial charge >= 0.3 is 0 Å². The van der Waals surface area contributed by atoms with Crippen LogP contribution in [0.1, 0.15) is 5.56 Å². The standard InChI is InChI=1S/C15H12BrClN4/c16-13-6-12(3-4-14(13)17)19-8-11-9-20-21-15(11)10-2-1-5-18-7-10/h1-7,9,19H,8H2,(H,20,21).